The molecule has 1 saturated carbocycles. The van der Waals surface area contributed by atoms with Gasteiger partial charge in [0.15, 0.2) is 0 Å². The van der Waals surface area contributed by atoms with E-state index in [1.165, 1.54) is 0 Å². The first-order valence-electron chi connectivity index (χ1n) is 4.05. The van der Waals surface area contributed by atoms with E-state index in [2.05, 4.69) is 12.2 Å². The molecule has 2 N–H and O–H groups in total. The van der Waals surface area contributed by atoms with Gasteiger partial charge in [-0.1, -0.05) is 6.92 Å². The average Bonchev–Trinajstić information content (AvgIpc) is 2.42. The maximum absolute atomic E-state index is 10.9. The molecule has 12 heavy (non-hydrogen) atoms. The Balaban J connectivity index is 0.000000720. The van der Waals surface area contributed by atoms with Crippen molar-refractivity contribution in [1.82, 2.24) is 5.32 Å². The SMILES string of the molecule is CC12CCC(C(=O)O)(C1)NC2.Cl. The maximum atomic E-state index is 10.9. The highest BCUT2D eigenvalue weighted by atomic mass is 35.5. The minimum atomic E-state index is -0.668. The predicted molar refractivity (Wildman–Crippen MR) is 47.6 cm³/mol. The standard InChI is InChI=1S/C8H13NO2.ClH/c1-7-2-3-8(4-7,6(10)11)9-5-7;/h9H,2-5H2,1H3,(H,10,11);1H. The minimum absolute atomic E-state index is 0. The Kier molecular flexibility index (Phi) is 2.13. The highest BCUT2D eigenvalue weighted by Crippen LogP contribution is 2.48. The summed E-state index contributed by atoms with van der Waals surface area (Å²) in [6.45, 7) is 3.04. The molecule has 2 rings (SSSR count). The fourth-order valence-corrected chi connectivity index (χ4v) is 2.36. The Hall–Kier alpha value is -0.280. The molecular weight excluding hydrogens is 178 g/mol. The molecule has 2 aliphatic rings. The zero-order valence-corrected chi connectivity index (χ0v) is 7.91. The molecule has 3 nitrogen and oxygen atoms in total. The van der Waals surface area contributed by atoms with Crippen molar-refractivity contribution in [2.75, 3.05) is 6.54 Å². The van der Waals surface area contributed by atoms with Gasteiger partial charge in [-0.25, -0.2) is 0 Å². The summed E-state index contributed by atoms with van der Waals surface area (Å²) >= 11 is 0. The van der Waals surface area contributed by atoms with E-state index in [4.69, 9.17) is 5.11 Å². The molecule has 0 spiro atoms. The number of nitrogens with one attached hydrogen (secondary N) is 1. The predicted octanol–water partition coefficient (Wildman–Crippen LogP) is 1.02. The van der Waals surface area contributed by atoms with Gasteiger partial charge in [0.05, 0.1) is 0 Å². The van der Waals surface area contributed by atoms with Crippen molar-refractivity contribution in [3.63, 3.8) is 0 Å². The number of halogens is 1. The maximum Gasteiger partial charge on any atom is 0.323 e. The molecule has 70 valence electrons. The molecule has 0 aromatic rings. The van der Waals surface area contributed by atoms with E-state index < -0.39 is 11.5 Å². The van der Waals surface area contributed by atoms with Crippen LogP contribution in [-0.2, 0) is 4.79 Å². The topological polar surface area (TPSA) is 49.3 Å². The number of carboxylic acid groups (broad SMARTS) is 1. The number of carboxylic acids is 1. The molecule has 2 fully saturated rings. The molecule has 0 amide bonds. The molecule has 2 unspecified atom stereocenters. The Morgan fingerprint density at radius 2 is 2.17 bits per heavy atom. The van der Waals surface area contributed by atoms with Crippen molar-refractivity contribution >= 4 is 18.4 Å². The lowest BCUT2D eigenvalue weighted by Gasteiger charge is -2.23. The second-order valence-corrected chi connectivity index (χ2v) is 4.23. The molecule has 1 aliphatic carbocycles. The molecule has 1 heterocycles. The normalized spacial score (nSPS) is 44.1. The molecule has 0 aromatic carbocycles. The summed E-state index contributed by atoms with van der Waals surface area (Å²) in [6.07, 6.45) is 2.68. The molecule has 2 bridgehead atoms. The monoisotopic (exact) mass is 191 g/mol. The number of rotatable bonds is 1. The van der Waals surface area contributed by atoms with Gasteiger partial charge in [-0.05, 0) is 24.7 Å². The van der Waals surface area contributed by atoms with Gasteiger partial charge in [0, 0.05) is 6.54 Å². The summed E-state index contributed by atoms with van der Waals surface area (Å²) in [5, 5.41) is 12.1. The third-order valence-corrected chi connectivity index (χ3v) is 3.15. The van der Waals surface area contributed by atoms with Crippen LogP contribution in [0.2, 0.25) is 0 Å². The van der Waals surface area contributed by atoms with Gasteiger partial charge in [0.1, 0.15) is 5.54 Å². The van der Waals surface area contributed by atoms with E-state index in [9.17, 15) is 4.79 Å². The molecule has 1 aliphatic heterocycles. The van der Waals surface area contributed by atoms with E-state index >= 15 is 0 Å². The summed E-state index contributed by atoms with van der Waals surface area (Å²) in [7, 11) is 0. The fourth-order valence-electron chi connectivity index (χ4n) is 2.36. The zero-order valence-electron chi connectivity index (χ0n) is 7.09. The Morgan fingerprint density at radius 3 is 2.33 bits per heavy atom. The van der Waals surface area contributed by atoms with Crippen LogP contribution in [0, 0.1) is 5.41 Å². The first kappa shape index (κ1) is 9.81. The van der Waals surface area contributed by atoms with Gasteiger partial charge in [0.25, 0.3) is 0 Å². The molecule has 2 atom stereocenters. The van der Waals surface area contributed by atoms with Gasteiger partial charge in [-0.2, -0.15) is 0 Å². The van der Waals surface area contributed by atoms with Gasteiger partial charge in [-0.3, -0.25) is 4.79 Å². The third kappa shape index (κ3) is 1.12. The highest BCUT2D eigenvalue weighted by Gasteiger charge is 2.55. The van der Waals surface area contributed by atoms with Crippen molar-refractivity contribution in [3.8, 4) is 0 Å². The summed E-state index contributed by atoms with van der Waals surface area (Å²) in [5.74, 6) is -0.668. The van der Waals surface area contributed by atoms with Crippen molar-refractivity contribution in [1.29, 1.82) is 0 Å². The van der Waals surface area contributed by atoms with Crippen LogP contribution in [0.5, 0.6) is 0 Å². The summed E-state index contributed by atoms with van der Waals surface area (Å²) < 4.78 is 0. The molecule has 0 aromatic heterocycles. The summed E-state index contributed by atoms with van der Waals surface area (Å²) in [6, 6.07) is 0. The number of hydrogen-bond acceptors (Lipinski definition) is 2. The second-order valence-electron chi connectivity index (χ2n) is 4.23. The number of piperidine rings is 1. The van der Waals surface area contributed by atoms with E-state index in [0.29, 0.717) is 0 Å². The number of hydrogen-bond donors (Lipinski definition) is 2. The van der Waals surface area contributed by atoms with E-state index in [1.54, 1.807) is 0 Å². The van der Waals surface area contributed by atoms with Crippen LogP contribution < -0.4 is 5.32 Å². The van der Waals surface area contributed by atoms with E-state index in [1.807, 2.05) is 0 Å². The zero-order chi connectivity index (χ0) is 8.11. The van der Waals surface area contributed by atoms with Crippen molar-refractivity contribution in [3.05, 3.63) is 0 Å². The van der Waals surface area contributed by atoms with Crippen molar-refractivity contribution in [2.24, 2.45) is 5.41 Å². The number of carbonyl (C=O) groups is 1. The number of aliphatic carboxylic acids is 1. The Bertz CT molecular complexity index is 209. The fraction of sp³-hybridized carbons (Fsp3) is 0.875. The highest BCUT2D eigenvalue weighted by molar-refractivity contribution is 5.85. The van der Waals surface area contributed by atoms with Gasteiger partial charge >= 0.3 is 5.97 Å². The summed E-state index contributed by atoms with van der Waals surface area (Å²) in [4.78, 5) is 10.9. The van der Waals surface area contributed by atoms with E-state index in [0.717, 1.165) is 25.8 Å². The third-order valence-electron chi connectivity index (χ3n) is 3.15. The minimum Gasteiger partial charge on any atom is -0.480 e. The van der Waals surface area contributed by atoms with Crippen LogP contribution in [-0.4, -0.2) is 23.2 Å². The van der Waals surface area contributed by atoms with Crippen LogP contribution in [0.1, 0.15) is 26.2 Å². The lowest BCUT2D eigenvalue weighted by molar-refractivity contribution is -0.144. The molecular formula is C8H14ClNO2. The lowest BCUT2D eigenvalue weighted by atomic mass is 9.90. The quantitative estimate of drug-likeness (QED) is 0.651. The summed E-state index contributed by atoms with van der Waals surface area (Å²) in [5.41, 5.74) is -0.298. The second kappa shape index (κ2) is 2.60. The van der Waals surface area contributed by atoms with Gasteiger partial charge in [-0.15, -0.1) is 12.4 Å². The van der Waals surface area contributed by atoms with Crippen LogP contribution >= 0.6 is 12.4 Å². The van der Waals surface area contributed by atoms with Crippen molar-refractivity contribution < 1.29 is 9.90 Å². The van der Waals surface area contributed by atoms with Crippen LogP contribution in [0.4, 0.5) is 0 Å². The van der Waals surface area contributed by atoms with Crippen molar-refractivity contribution in [2.45, 2.75) is 31.7 Å². The Labute approximate surface area is 77.9 Å². The Morgan fingerprint density at radius 1 is 1.50 bits per heavy atom. The van der Waals surface area contributed by atoms with Gasteiger partial charge in [0.2, 0.25) is 0 Å². The molecule has 1 saturated heterocycles. The average molecular weight is 192 g/mol. The van der Waals surface area contributed by atoms with Crippen LogP contribution in [0.15, 0.2) is 0 Å². The molecule has 0 radical (unpaired) electrons. The van der Waals surface area contributed by atoms with Crippen LogP contribution in [0.3, 0.4) is 0 Å². The smallest absolute Gasteiger partial charge is 0.323 e. The molecule has 4 heteroatoms. The first-order valence-corrected chi connectivity index (χ1v) is 4.05. The largest absolute Gasteiger partial charge is 0.480 e. The lowest BCUT2D eigenvalue weighted by Crippen LogP contribution is -2.47. The number of fused-ring (bicyclic) bond motifs is 2. The van der Waals surface area contributed by atoms with Gasteiger partial charge < -0.3 is 10.4 Å². The first-order chi connectivity index (χ1) is 5.06. The van der Waals surface area contributed by atoms with Crippen LogP contribution in [0.25, 0.3) is 0 Å². The van der Waals surface area contributed by atoms with E-state index in [-0.39, 0.29) is 17.8 Å².